The Balaban J connectivity index is 1.76. The lowest BCUT2D eigenvalue weighted by molar-refractivity contribution is -0.365. The first-order chi connectivity index (χ1) is 10.9. The lowest BCUT2D eigenvalue weighted by Gasteiger charge is -2.50. The van der Waals surface area contributed by atoms with Crippen molar-refractivity contribution < 1.29 is 24.4 Å². The lowest BCUT2D eigenvalue weighted by Crippen LogP contribution is -2.69. The van der Waals surface area contributed by atoms with Crippen LogP contribution < -0.4 is 0 Å². The fourth-order valence-corrected chi connectivity index (χ4v) is 3.43. The summed E-state index contributed by atoms with van der Waals surface area (Å²) in [5.74, 6) is -0.733. The van der Waals surface area contributed by atoms with Crippen molar-refractivity contribution >= 4 is 0 Å². The topological polar surface area (TPSA) is 68.2 Å². The van der Waals surface area contributed by atoms with Crippen LogP contribution in [-0.4, -0.2) is 46.5 Å². The van der Waals surface area contributed by atoms with E-state index in [4.69, 9.17) is 14.2 Å². The van der Waals surface area contributed by atoms with Crippen molar-refractivity contribution in [3.63, 3.8) is 0 Å². The second-order valence-corrected chi connectivity index (χ2v) is 6.60. The quantitative estimate of drug-likeness (QED) is 0.782. The predicted molar refractivity (Wildman–Crippen MR) is 84.7 cm³/mol. The number of aliphatic hydroxyl groups is 2. The van der Waals surface area contributed by atoms with E-state index in [0.29, 0.717) is 19.4 Å². The van der Waals surface area contributed by atoms with Crippen molar-refractivity contribution in [2.24, 2.45) is 0 Å². The molecule has 2 bridgehead atoms. The number of fused-ring (bicyclic) bond motifs is 2. The molecule has 126 valence electrons. The maximum atomic E-state index is 11.0. The molecule has 0 aliphatic carbocycles. The lowest BCUT2D eigenvalue weighted by atomic mass is 9.77. The molecule has 2 N–H and O–H groups in total. The van der Waals surface area contributed by atoms with Crippen LogP contribution in [0.5, 0.6) is 0 Å². The van der Waals surface area contributed by atoms with Crippen molar-refractivity contribution in [1.29, 1.82) is 0 Å². The second-order valence-electron chi connectivity index (χ2n) is 6.60. The Morgan fingerprint density at radius 1 is 1.35 bits per heavy atom. The van der Waals surface area contributed by atoms with E-state index in [-0.39, 0.29) is 13.2 Å². The average Bonchev–Trinajstić information content (AvgIpc) is 2.87. The molecule has 1 aromatic rings. The Labute approximate surface area is 136 Å². The first-order valence-electron chi connectivity index (χ1n) is 7.92. The van der Waals surface area contributed by atoms with Gasteiger partial charge in [0.15, 0.2) is 5.79 Å². The predicted octanol–water partition coefficient (Wildman–Crippen LogP) is 1.78. The molecule has 2 saturated heterocycles. The highest BCUT2D eigenvalue weighted by molar-refractivity contribution is 5.16. The van der Waals surface area contributed by atoms with Crippen LogP contribution in [0.15, 0.2) is 43.0 Å². The van der Waals surface area contributed by atoms with Gasteiger partial charge in [0, 0.05) is 6.42 Å². The molecule has 0 spiro atoms. The molecule has 0 aromatic heterocycles. The molecular weight excluding hydrogens is 296 g/mol. The molecule has 0 saturated carbocycles. The molecule has 3 rings (SSSR count). The molecule has 0 unspecified atom stereocenters. The van der Waals surface area contributed by atoms with Gasteiger partial charge in [-0.3, -0.25) is 0 Å². The monoisotopic (exact) mass is 320 g/mol. The van der Waals surface area contributed by atoms with Crippen LogP contribution in [0.1, 0.15) is 25.3 Å². The second kappa shape index (κ2) is 6.00. The molecule has 0 amide bonds. The minimum atomic E-state index is -1.57. The van der Waals surface area contributed by atoms with Crippen molar-refractivity contribution in [3.05, 3.63) is 48.6 Å². The van der Waals surface area contributed by atoms with Crippen LogP contribution in [0.4, 0.5) is 0 Å². The summed E-state index contributed by atoms with van der Waals surface area (Å²) < 4.78 is 17.5. The first kappa shape index (κ1) is 16.6. The molecule has 0 radical (unpaired) electrons. The largest absolute Gasteiger partial charge is 0.386 e. The highest BCUT2D eigenvalue weighted by Crippen LogP contribution is 2.50. The van der Waals surface area contributed by atoms with E-state index in [1.807, 2.05) is 37.3 Å². The average molecular weight is 320 g/mol. The molecular formula is C18H24O5. The Morgan fingerprint density at radius 2 is 2.09 bits per heavy atom. The van der Waals surface area contributed by atoms with E-state index in [1.54, 1.807) is 0 Å². The maximum Gasteiger partial charge on any atom is 0.166 e. The number of hydrogen-bond donors (Lipinski definition) is 2. The van der Waals surface area contributed by atoms with Gasteiger partial charge in [0.1, 0.15) is 17.3 Å². The summed E-state index contributed by atoms with van der Waals surface area (Å²) in [5, 5.41) is 21.3. The van der Waals surface area contributed by atoms with Crippen LogP contribution in [-0.2, 0) is 20.8 Å². The normalized spacial score (nSPS) is 37.5. The van der Waals surface area contributed by atoms with E-state index in [2.05, 4.69) is 6.58 Å². The Morgan fingerprint density at radius 3 is 2.78 bits per heavy atom. The third-order valence-corrected chi connectivity index (χ3v) is 4.94. The van der Waals surface area contributed by atoms with Crippen molar-refractivity contribution in [1.82, 2.24) is 0 Å². The molecule has 2 aliphatic heterocycles. The van der Waals surface area contributed by atoms with Crippen LogP contribution >= 0.6 is 0 Å². The summed E-state index contributed by atoms with van der Waals surface area (Å²) in [5.41, 5.74) is -1.52. The minimum Gasteiger partial charge on any atom is -0.386 e. The van der Waals surface area contributed by atoms with Crippen molar-refractivity contribution in [2.75, 3.05) is 13.2 Å². The summed E-state index contributed by atoms with van der Waals surface area (Å²) in [7, 11) is 0. The summed E-state index contributed by atoms with van der Waals surface area (Å²) in [6.07, 6.45) is 1.37. The molecule has 4 atom stereocenters. The van der Waals surface area contributed by atoms with E-state index >= 15 is 0 Å². The Kier molecular flexibility index (Phi) is 4.33. The zero-order chi connectivity index (χ0) is 16.6. The highest BCUT2D eigenvalue weighted by atomic mass is 16.7. The summed E-state index contributed by atoms with van der Waals surface area (Å²) in [6.45, 7) is 6.03. The van der Waals surface area contributed by atoms with Gasteiger partial charge < -0.3 is 24.4 Å². The SMILES string of the molecule is C=C[C@@H](O)[C@@]1(O)CO[C@]2(C)CC[C@@]1(COCc1ccccc1)O2. The van der Waals surface area contributed by atoms with Crippen LogP contribution in [0, 0.1) is 0 Å². The zero-order valence-electron chi connectivity index (χ0n) is 13.4. The number of benzene rings is 1. The van der Waals surface area contributed by atoms with E-state index in [9.17, 15) is 10.2 Å². The molecule has 2 heterocycles. The standard InChI is InChI=1S/C18H24O5/c1-3-15(19)18(20)13-22-16(2)9-10-17(18,23-16)12-21-11-14-7-5-4-6-8-14/h3-8,15,19-20H,1,9-13H2,2H3/t15-,16+,17+,18+/m1/s1. The molecule has 5 nitrogen and oxygen atoms in total. The van der Waals surface area contributed by atoms with Crippen LogP contribution in [0.25, 0.3) is 0 Å². The van der Waals surface area contributed by atoms with Crippen LogP contribution in [0.3, 0.4) is 0 Å². The molecule has 1 aromatic carbocycles. The fourth-order valence-electron chi connectivity index (χ4n) is 3.43. The number of ether oxygens (including phenoxy) is 3. The molecule has 2 fully saturated rings. The molecule has 2 aliphatic rings. The zero-order valence-corrected chi connectivity index (χ0v) is 13.4. The number of aliphatic hydroxyl groups excluding tert-OH is 1. The smallest absolute Gasteiger partial charge is 0.166 e. The molecule has 5 heteroatoms. The van der Waals surface area contributed by atoms with Crippen molar-refractivity contribution in [3.8, 4) is 0 Å². The van der Waals surface area contributed by atoms with Gasteiger partial charge in [-0.25, -0.2) is 0 Å². The van der Waals surface area contributed by atoms with Gasteiger partial charge in [-0.1, -0.05) is 36.4 Å². The van der Waals surface area contributed by atoms with E-state index in [1.165, 1.54) is 6.08 Å². The van der Waals surface area contributed by atoms with Gasteiger partial charge in [0.05, 0.1) is 19.8 Å². The summed E-state index contributed by atoms with van der Waals surface area (Å²) >= 11 is 0. The van der Waals surface area contributed by atoms with Gasteiger partial charge in [0.2, 0.25) is 0 Å². The van der Waals surface area contributed by atoms with Gasteiger partial charge in [-0.15, -0.1) is 6.58 Å². The first-order valence-corrected chi connectivity index (χ1v) is 7.92. The van der Waals surface area contributed by atoms with Gasteiger partial charge in [-0.05, 0) is 18.9 Å². The summed E-state index contributed by atoms with van der Waals surface area (Å²) in [6, 6.07) is 9.81. The number of hydrogen-bond acceptors (Lipinski definition) is 5. The Hall–Kier alpha value is -1.24. The van der Waals surface area contributed by atoms with Crippen molar-refractivity contribution in [2.45, 2.75) is 49.5 Å². The van der Waals surface area contributed by atoms with Crippen LogP contribution in [0.2, 0.25) is 0 Å². The van der Waals surface area contributed by atoms with E-state index in [0.717, 1.165) is 5.56 Å². The number of rotatable bonds is 6. The summed E-state index contributed by atoms with van der Waals surface area (Å²) in [4.78, 5) is 0. The fraction of sp³-hybridized carbons (Fsp3) is 0.556. The van der Waals surface area contributed by atoms with Gasteiger partial charge in [-0.2, -0.15) is 0 Å². The maximum absolute atomic E-state index is 11.0. The third kappa shape index (κ3) is 2.84. The van der Waals surface area contributed by atoms with Gasteiger partial charge in [0.25, 0.3) is 0 Å². The minimum absolute atomic E-state index is 0.00855. The van der Waals surface area contributed by atoms with Gasteiger partial charge >= 0.3 is 0 Å². The highest BCUT2D eigenvalue weighted by Gasteiger charge is 2.66. The third-order valence-electron chi connectivity index (χ3n) is 4.94. The Bertz CT molecular complexity index is 562. The molecule has 23 heavy (non-hydrogen) atoms. The van der Waals surface area contributed by atoms with E-state index < -0.39 is 23.1 Å².